The minimum Gasteiger partial charge on any atom is -0.468 e. The summed E-state index contributed by atoms with van der Waals surface area (Å²) in [6.07, 6.45) is 20.6. The normalized spacial score (nSPS) is 13.9. The average Bonchev–Trinajstić information content (AvgIpc) is 2.62. The zero-order valence-electron chi connectivity index (χ0n) is 17.0. The second-order valence-electron chi connectivity index (χ2n) is 7.17. The molecule has 0 spiro atoms. The number of allylic oxidation sites excluding steroid dienone is 1. The van der Waals surface area contributed by atoms with Crippen molar-refractivity contribution in [2.24, 2.45) is 5.92 Å². The van der Waals surface area contributed by atoms with E-state index in [1.54, 1.807) is 12.2 Å². The van der Waals surface area contributed by atoms with Crippen molar-refractivity contribution in [1.29, 1.82) is 0 Å². The van der Waals surface area contributed by atoms with Gasteiger partial charge in [0.15, 0.2) is 0 Å². The topological polar surface area (TPSA) is 46.5 Å². The fourth-order valence-electron chi connectivity index (χ4n) is 3.26. The van der Waals surface area contributed by atoms with Crippen LogP contribution in [-0.4, -0.2) is 24.3 Å². The summed E-state index contributed by atoms with van der Waals surface area (Å²) in [5, 5.41) is 10.2. The molecule has 0 amide bonds. The third-order valence-corrected chi connectivity index (χ3v) is 4.89. The second kappa shape index (κ2) is 18.0. The van der Waals surface area contributed by atoms with E-state index in [-0.39, 0.29) is 5.97 Å². The van der Waals surface area contributed by atoms with Gasteiger partial charge in [0.05, 0.1) is 13.2 Å². The molecule has 0 aromatic rings. The van der Waals surface area contributed by atoms with E-state index < -0.39 is 12.0 Å². The van der Waals surface area contributed by atoms with Crippen molar-refractivity contribution < 1.29 is 14.6 Å². The van der Waals surface area contributed by atoms with E-state index in [9.17, 15) is 9.90 Å². The van der Waals surface area contributed by atoms with Crippen LogP contribution in [0.4, 0.5) is 0 Å². The standard InChI is InChI=1S/C22H42O3/c1-4-6-7-8-9-10-11-12-13-14-15-16-17-19-21(23)20(18-5-2)22(24)25-3/h5,18,20-21,23H,4,6-17,19H2,1-3H3/b18-5+/t20-,21+/m0/s1. The molecule has 148 valence electrons. The van der Waals surface area contributed by atoms with Crippen LogP contribution in [0.15, 0.2) is 12.2 Å². The fourth-order valence-corrected chi connectivity index (χ4v) is 3.26. The van der Waals surface area contributed by atoms with Crippen LogP contribution in [0.2, 0.25) is 0 Å². The quantitative estimate of drug-likeness (QED) is 0.192. The number of hydrogen-bond acceptors (Lipinski definition) is 3. The molecule has 3 nitrogen and oxygen atoms in total. The highest BCUT2D eigenvalue weighted by Gasteiger charge is 2.24. The summed E-state index contributed by atoms with van der Waals surface area (Å²) in [5.41, 5.74) is 0. The van der Waals surface area contributed by atoms with Gasteiger partial charge >= 0.3 is 5.97 Å². The molecule has 0 unspecified atom stereocenters. The van der Waals surface area contributed by atoms with Crippen LogP contribution in [0.25, 0.3) is 0 Å². The van der Waals surface area contributed by atoms with Gasteiger partial charge in [0, 0.05) is 0 Å². The van der Waals surface area contributed by atoms with E-state index in [4.69, 9.17) is 4.74 Å². The van der Waals surface area contributed by atoms with Gasteiger partial charge < -0.3 is 9.84 Å². The second-order valence-corrected chi connectivity index (χ2v) is 7.17. The lowest BCUT2D eigenvalue weighted by atomic mass is 9.96. The predicted molar refractivity (Wildman–Crippen MR) is 107 cm³/mol. The lowest BCUT2D eigenvalue weighted by Gasteiger charge is -2.17. The van der Waals surface area contributed by atoms with Gasteiger partial charge in [0.1, 0.15) is 5.92 Å². The number of aliphatic hydroxyl groups excluding tert-OH is 1. The van der Waals surface area contributed by atoms with Gasteiger partial charge in [0.2, 0.25) is 0 Å². The highest BCUT2D eigenvalue weighted by atomic mass is 16.5. The van der Waals surface area contributed by atoms with E-state index in [0.29, 0.717) is 6.42 Å². The molecule has 0 aromatic heterocycles. The van der Waals surface area contributed by atoms with Crippen LogP contribution in [0.3, 0.4) is 0 Å². The molecule has 0 fully saturated rings. The summed E-state index contributed by atoms with van der Waals surface area (Å²) < 4.78 is 4.75. The Bertz CT molecular complexity index is 325. The minimum absolute atomic E-state index is 0.347. The summed E-state index contributed by atoms with van der Waals surface area (Å²) >= 11 is 0. The third-order valence-electron chi connectivity index (χ3n) is 4.89. The molecule has 0 saturated heterocycles. The van der Waals surface area contributed by atoms with Gasteiger partial charge in [-0.1, -0.05) is 103 Å². The number of methoxy groups -OCH3 is 1. The highest BCUT2D eigenvalue weighted by Crippen LogP contribution is 2.17. The van der Waals surface area contributed by atoms with Gasteiger partial charge in [-0.25, -0.2) is 0 Å². The lowest BCUT2D eigenvalue weighted by molar-refractivity contribution is -0.147. The van der Waals surface area contributed by atoms with Gasteiger partial charge in [-0.05, 0) is 13.3 Å². The molecule has 25 heavy (non-hydrogen) atoms. The molecular formula is C22H42O3. The zero-order valence-corrected chi connectivity index (χ0v) is 17.0. The first-order valence-corrected chi connectivity index (χ1v) is 10.6. The fraction of sp³-hybridized carbons (Fsp3) is 0.864. The van der Waals surface area contributed by atoms with Crippen LogP contribution < -0.4 is 0 Å². The summed E-state index contributed by atoms with van der Waals surface area (Å²) in [6, 6.07) is 0. The average molecular weight is 355 g/mol. The number of esters is 1. The monoisotopic (exact) mass is 354 g/mol. The first-order chi connectivity index (χ1) is 12.2. The number of carbonyl (C=O) groups is 1. The first-order valence-electron chi connectivity index (χ1n) is 10.6. The van der Waals surface area contributed by atoms with Crippen LogP contribution in [-0.2, 0) is 9.53 Å². The summed E-state index contributed by atoms with van der Waals surface area (Å²) in [5.74, 6) is -0.868. The number of unbranched alkanes of at least 4 members (excludes halogenated alkanes) is 12. The Balaban J connectivity index is 3.49. The minimum atomic E-state index is -0.628. The van der Waals surface area contributed by atoms with Crippen molar-refractivity contribution in [3.8, 4) is 0 Å². The Hall–Kier alpha value is -0.830. The van der Waals surface area contributed by atoms with Crippen LogP contribution in [0, 0.1) is 5.92 Å². The van der Waals surface area contributed by atoms with Crippen LogP contribution in [0.5, 0.6) is 0 Å². The van der Waals surface area contributed by atoms with E-state index in [2.05, 4.69) is 6.92 Å². The Labute approximate surface area is 156 Å². The Kier molecular flexibility index (Phi) is 17.4. The van der Waals surface area contributed by atoms with E-state index in [1.807, 2.05) is 6.92 Å². The maximum absolute atomic E-state index is 11.6. The van der Waals surface area contributed by atoms with Crippen LogP contribution in [0.1, 0.15) is 104 Å². The molecule has 0 bridgehead atoms. The van der Waals surface area contributed by atoms with Crippen LogP contribution >= 0.6 is 0 Å². The van der Waals surface area contributed by atoms with Gasteiger partial charge in [0.25, 0.3) is 0 Å². The van der Waals surface area contributed by atoms with Gasteiger partial charge in [-0.2, -0.15) is 0 Å². The molecule has 0 radical (unpaired) electrons. The molecule has 0 aliphatic carbocycles. The molecule has 0 aromatic carbocycles. The first kappa shape index (κ1) is 24.2. The molecule has 0 aliphatic heterocycles. The lowest BCUT2D eigenvalue weighted by Crippen LogP contribution is -2.27. The highest BCUT2D eigenvalue weighted by molar-refractivity contribution is 5.74. The van der Waals surface area contributed by atoms with Crippen molar-refractivity contribution >= 4 is 5.97 Å². The molecule has 0 rings (SSSR count). The number of hydrogen-bond donors (Lipinski definition) is 1. The molecule has 1 N–H and O–H groups in total. The molecule has 0 aliphatic rings. The molecule has 0 heterocycles. The van der Waals surface area contributed by atoms with Crippen molar-refractivity contribution in [2.45, 2.75) is 110 Å². The summed E-state index contributed by atoms with van der Waals surface area (Å²) in [4.78, 5) is 11.6. The smallest absolute Gasteiger partial charge is 0.315 e. The maximum atomic E-state index is 11.6. The van der Waals surface area contributed by atoms with Gasteiger partial charge in [-0.3, -0.25) is 4.79 Å². The molecular weight excluding hydrogens is 312 g/mol. The van der Waals surface area contributed by atoms with E-state index in [0.717, 1.165) is 12.8 Å². The molecule has 0 saturated carbocycles. The number of rotatable bonds is 17. The van der Waals surface area contributed by atoms with Crippen molar-refractivity contribution in [3.63, 3.8) is 0 Å². The maximum Gasteiger partial charge on any atom is 0.315 e. The summed E-state index contributed by atoms with van der Waals surface area (Å²) in [7, 11) is 1.37. The molecule has 2 atom stereocenters. The number of carbonyl (C=O) groups excluding carboxylic acids is 1. The van der Waals surface area contributed by atoms with Crippen molar-refractivity contribution in [1.82, 2.24) is 0 Å². The Morgan fingerprint density at radius 2 is 1.32 bits per heavy atom. The number of ether oxygens (including phenoxy) is 1. The van der Waals surface area contributed by atoms with E-state index >= 15 is 0 Å². The Morgan fingerprint density at radius 1 is 0.880 bits per heavy atom. The SMILES string of the molecule is C/C=C/[C@H](C(=O)OC)[C@H](O)CCCCCCCCCCCCCCC. The van der Waals surface area contributed by atoms with E-state index in [1.165, 1.54) is 77.7 Å². The third kappa shape index (κ3) is 14.1. The zero-order chi connectivity index (χ0) is 18.8. The van der Waals surface area contributed by atoms with Crippen molar-refractivity contribution in [2.75, 3.05) is 7.11 Å². The van der Waals surface area contributed by atoms with Gasteiger partial charge in [-0.15, -0.1) is 0 Å². The molecule has 3 heteroatoms. The summed E-state index contributed by atoms with van der Waals surface area (Å²) in [6.45, 7) is 4.12. The Morgan fingerprint density at radius 3 is 1.72 bits per heavy atom. The number of aliphatic hydroxyl groups is 1. The van der Waals surface area contributed by atoms with Crippen molar-refractivity contribution in [3.05, 3.63) is 12.2 Å². The largest absolute Gasteiger partial charge is 0.468 e. The predicted octanol–water partition coefficient (Wildman–Crippen LogP) is 6.19.